The van der Waals surface area contributed by atoms with Gasteiger partial charge in [-0.2, -0.15) is 119 Å². The van der Waals surface area contributed by atoms with E-state index in [9.17, 15) is 141 Å². The number of hydrogen-bond acceptors (Lipinski definition) is 1. The first-order chi connectivity index (χ1) is 21.6. The molecular weight excluding hydrogens is 837 g/mol. The first-order valence-corrected chi connectivity index (χ1v) is 10.5. The van der Waals surface area contributed by atoms with Crippen molar-refractivity contribution in [3.8, 4) is 0 Å². The fraction of sp³-hybridized carbons (Fsp3) is 0.722. The smallest absolute Gasteiger partial charge is 0.460 e. The predicted molar refractivity (Wildman–Crippen MR) is 91.5 cm³/mol. The predicted octanol–water partition coefficient (Wildman–Crippen LogP) is 10.6. The van der Waals surface area contributed by atoms with Crippen LogP contribution in [0.2, 0.25) is 0 Å². The molecule has 302 valence electrons. The molecule has 0 radical (unpaired) electrons. The second kappa shape index (κ2) is 12.2. The van der Waals surface area contributed by atoms with Gasteiger partial charge in [0, 0.05) is 0 Å². The Morgan fingerprint density at radius 1 is 0.294 bits per heavy atom. The van der Waals surface area contributed by atoms with E-state index < -0.39 is 107 Å². The molecule has 0 aliphatic carbocycles. The molecule has 0 heterocycles. The zero-order chi connectivity index (χ0) is 42.4. The normalized spacial score (nSPS) is 17.3. The molecule has 0 amide bonds. The third-order valence-electron chi connectivity index (χ3n) is 5.66. The van der Waals surface area contributed by atoms with Crippen LogP contribution in [0.3, 0.4) is 0 Å². The van der Waals surface area contributed by atoms with Crippen molar-refractivity contribution in [2.45, 2.75) is 77.2 Å². The summed E-state index contributed by atoms with van der Waals surface area (Å²) in [5.41, 5.74) is 0. The Morgan fingerprint density at radius 2 is 0.490 bits per heavy atom. The third-order valence-corrected chi connectivity index (χ3v) is 5.66. The zero-order valence-corrected chi connectivity index (χ0v) is 21.6. The van der Waals surface area contributed by atoms with Crippen LogP contribution in [-0.2, 0) is 4.79 Å². The summed E-state index contributed by atoms with van der Waals surface area (Å²) in [6, 6.07) is 0. The SMILES string of the molecule is O=C(O)C(F)(F)C(F)(F)C(F)(F)C(F)(F)C(F)(F)C(F)(F)C(F)(F)/C(F)=C(/F)C(F)(F)/C(F)=C(/F)C(F)(F)C(F)(F)C(F)(F)C(F)(F)C(F)(F)F. The molecule has 0 aliphatic heterocycles. The van der Waals surface area contributed by atoms with Gasteiger partial charge in [0.15, 0.2) is 0 Å². The summed E-state index contributed by atoms with van der Waals surface area (Å²) in [5.74, 6) is -135. The Bertz CT molecular complexity index is 1410. The van der Waals surface area contributed by atoms with E-state index in [0.717, 1.165) is 0 Å². The van der Waals surface area contributed by atoms with Gasteiger partial charge in [0.2, 0.25) is 23.3 Å². The Labute approximate surface area is 254 Å². The molecule has 0 spiro atoms. The lowest BCUT2D eigenvalue weighted by molar-refractivity contribution is -0.436. The van der Waals surface area contributed by atoms with E-state index in [-0.39, 0.29) is 0 Å². The second-order valence-electron chi connectivity index (χ2n) is 8.95. The van der Waals surface area contributed by atoms with Crippen molar-refractivity contribution in [3.63, 3.8) is 0 Å². The fourth-order valence-corrected chi connectivity index (χ4v) is 2.62. The van der Waals surface area contributed by atoms with Crippen molar-refractivity contribution in [3.05, 3.63) is 23.3 Å². The van der Waals surface area contributed by atoms with Crippen molar-refractivity contribution in [2.75, 3.05) is 0 Å². The second-order valence-corrected chi connectivity index (χ2v) is 8.95. The number of halogens is 31. The molecule has 0 saturated carbocycles. The summed E-state index contributed by atoms with van der Waals surface area (Å²) in [7, 11) is 0. The van der Waals surface area contributed by atoms with Gasteiger partial charge in [-0.05, 0) is 0 Å². The van der Waals surface area contributed by atoms with Gasteiger partial charge in [0.05, 0.1) is 0 Å². The Hall–Kier alpha value is -3.22. The van der Waals surface area contributed by atoms with E-state index in [1.807, 2.05) is 0 Å². The van der Waals surface area contributed by atoms with Crippen LogP contribution in [0.5, 0.6) is 0 Å². The van der Waals surface area contributed by atoms with Gasteiger partial charge in [-0.25, -0.2) is 22.4 Å². The summed E-state index contributed by atoms with van der Waals surface area (Å²) in [6.07, 6.45) is -8.11. The van der Waals surface area contributed by atoms with Gasteiger partial charge in [-0.1, -0.05) is 0 Å². The molecule has 0 saturated heterocycles. The standard InChI is InChI=1S/C18HF31O2/c19-1(6(23,24)2(20)4(22)8(27,28)11(33,34)15(41,42)17(45,46)18(47,48)49)3(21)7(25,26)10(31,32)13(37,38)16(43,44)14(39,40)12(35,36)9(29,30)5(50)51/h(H,50,51)/b3-1-,4-2-. The quantitative estimate of drug-likeness (QED) is 0.177. The first kappa shape index (κ1) is 47.8. The van der Waals surface area contributed by atoms with Crippen LogP contribution in [0.25, 0.3) is 0 Å². The monoisotopic (exact) mass is 838 g/mol. The largest absolute Gasteiger partial charge is 0.477 e. The fourth-order valence-electron chi connectivity index (χ4n) is 2.62. The van der Waals surface area contributed by atoms with Crippen LogP contribution in [0.15, 0.2) is 23.3 Å². The van der Waals surface area contributed by atoms with Gasteiger partial charge < -0.3 is 5.11 Å². The van der Waals surface area contributed by atoms with Crippen molar-refractivity contribution >= 4 is 5.97 Å². The van der Waals surface area contributed by atoms with E-state index in [0.29, 0.717) is 0 Å². The number of hydrogen-bond donors (Lipinski definition) is 1. The number of carboxylic acid groups (broad SMARTS) is 1. The molecule has 0 aromatic heterocycles. The zero-order valence-electron chi connectivity index (χ0n) is 21.6. The van der Waals surface area contributed by atoms with Crippen LogP contribution >= 0.6 is 0 Å². The molecule has 0 atom stereocenters. The maximum atomic E-state index is 13.7. The van der Waals surface area contributed by atoms with Crippen LogP contribution in [0, 0.1) is 0 Å². The minimum Gasteiger partial charge on any atom is -0.477 e. The van der Waals surface area contributed by atoms with Crippen molar-refractivity contribution in [1.82, 2.24) is 0 Å². The van der Waals surface area contributed by atoms with E-state index in [4.69, 9.17) is 5.11 Å². The summed E-state index contributed by atoms with van der Waals surface area (Å²) < 4.78 is 411. The van der Waals surface area contributed by atoms with Gasteiger partial charge >= 0.3 is 83.2 Å². The maximum absolute atomic E-state index is 13.7. The molecule has 1 N–H and O–H groups in total. The van der Waals surface area contributed by atoms with E-state index in [1.165, 1.54) is 0 Å². The first-order valence-electron chi connectivity index (χ1n) is 10.5. The number of carbonyl (C=O) groups is 1. The highest BCUT2D eigenvalue weighted by atomic mass is 19.4. The lowest BCUT2D eigenvalue weighted by atomic mass is 9.88. The Morgan fingerprint density at radius 3 is 0.706 bits per heavy atom. The number of allylic oxidation sites excluding steroid dienone is 4. The molecule has 33 heteroatoms. The third kappa shape index (κ3) is 6.02. The number of alkyl halides is 27. The number of aliphatic carboxylic acids is 1. The summed E-state index contributed by atoms with van der Waals surface area (Å²) in [5, 5.41) is 7.70. The summed E-state index contributed by atoms with van der Waals surface area (Å²) in [6.45, 7) is 0. The van der Waals surface area contributed by atoms with Gasteiger partial charge in [-0.3, -0.25) is 0 Å². The van der Waals surface area contributed by atoms with Gasteiger partial charge in [0.1, 0.15) is 0 Å². The molecule has 2 nitrogen and oxygen atoms in total. The molecule has 0 unspecified atom stereocenters. The average Bonchev–Trinajstić information content (AvgIpc) is 2.93. The van der Waals surface area contributed by atoms with Crippen molar-refractivity contribution < 1.29 is 146 Å². The highest BCUT2D eigenvalue weighted by Gasteiger charge is 2.94. The highest BCUT2D eigenvalue weighted by Crippen LogP contribution is 2.64. The van der Waals surface area contributed by atoms with Gasteiger partial charge in [0.25, 0.3) is 0 Å². The minimum absolute atomic E-state index is 4.70. The molecule has 0 aliphatic rings. The van der Waals surface area contributed by atoms with Crippen molar-refractivity contribution in [2.24, 2.45) is 0 Å². The van der Waals surface area contributed by atoms with Gasteiger partial charge in [-0.15, -0.1) is 0 Å². The van der Waals surface area contributed by atoms with E-state index >= 15 is 0 Å². The average molecular weight is 838 g/mol. The van der Waals surface area contributed by atoms with E-state index in [1.54, 1.807) is 0 Å². The van der Waals surface area contributed by atoms with Crippen LogP contribution in [0.1, 0.15) is 0 Å². The lowest BCUT2D eigenvalue weighted by Gasteiger charge is -2.41. The lowest BCUT2D eigenvalue weighted by Crippen LogP contribution is -2.73. The molecule has 51 heavy (non-hydrogen) atoms. The summed E-state index contributed by atoms with van der Waals surface area (Å²) >= 11 is 0. The Kier molecular flexibility index (Phi) is 11.4. The molecular formula is C18HF31O2. The molecule has 0 rings (SSSR count). The highest BCUT2D eigenvalue weighted by molar-refractivity contribution is 5.77. The van der Waals surface area contributed by atoms with Crippen LogP contribution in [-0.4, -0.2) is 88.3 Å². The van der Waals surface area contributed by atoms with Crippen molar-refractivity contribution in [1.29, 1.82) is 0 Å². The van der Waals surface area contributed by atoms with Crippen LogP contribution < -0.4 is 0 Å². The number of rotatable bonds is 14. The van der Waals surface area contributed by atoms with E-state index in [2.05, 4.69) is 0 Å². The molecule has 0 aromatic rings. The topological polar surface area (TPSA) is 37.3 Å². The molecule has 0 fully saturated rings. The molecule has 0 bridgehead atoms. The number of carboxylic acids is 1. The summed E-state index contributed by atoms with van der Waals surface area (Å²) in [4.78, 5) is 9.96. The minimum atomic E-state index is -9.46. The maximum Gasteiger partial charge on any atom is 0.460 e. The van der Waals surface area contributed by atoms with Crippen LogP contribution in [0.4, 0.5) is 136 Å². The Balaban J connectivity index is 7.59. The molecule has 0 aromatic carbocycles.